The topological polar surface area (TPSA) is 73.9 Å². The second kappa shape index (κ2) is 10.7. The molecule has 3 aromatic carbocycles. The summed E-state index contributed by atoms with van der Waals surface area (Å²) in [6.07, 6.45) is -0.445. The van der Waals surface area contributed by atoms with E-state index in [1.807, 2.05) is 66.7 Å². The highest BCUT2D eigenvalue weighted by Gasteiger charge is 2.25. The highest BCUT2D eigenvalue weighted by Crippen LogP contribution is 2.26. The number of benzene rings is 3. The number of ether oxygens (including phenoxy) is 3. The molecule has 0 unspecified atom stereocenters. The van der Waals surface area contributed by atoms with Crippen LogP contribution in [-0.4, -0.2) is 30.8 Å². The smallest absolute Gasteiger partial charge is 0.408 e. The average Bonchev–Trinajstić information content (AvgIpc) is 2.78. The highest BCUT2D eigenvalue weighted by molar-refractivity contribution is 5.81. The van der Waals surface area contributed by atoms with Crippen molar-refractivity contribution < 1.29 is 23.8 Å². The Kier molecular flexibility index (Phi) is 7.72. The first-order valence-corrected chi connectivity index (χ1v) is 10.7. The van der Waals surface area contributed by atoms with Crippen LogP contribution < -0.4 is 10.1 Å². The molecule has 0 radical (unpaired) electrons. The maximum Gasteiger partial charge on any atom is 0.408 e. The molecule has 0 heterocycles. The van der Waals surface area contributed by atoms with Gasteiger partial charge in [-0.1, -0.05) is 54.6 Å². The van der Waals surface area contributed by atoms with Crippen molar-refractivity contribution in [3.8, 4) is 22.6 Å². The largest absolute Gasteiger partial charge is 0.467 e. The molecule has 0 saturated heterocycles. The zero-order chi connectivity index (χ0) is 23.8. The van der Waals surface area contributed by atoms with Crippen LogP contribution in [0.2, 0.25) is 0 Å². The van der Waals surface area contributed by atoms with Crippen LogP contribution in [0.15, 0.2) is 78.9 Å². The molecule has 33 heavy (non-hydrogen) atoms. The van der Waals surface area contributed by atoms with Gasteiger partial charge >= 0.3 is 12.1 Å². The maximum absolute atomic E-state index is 12.2. The summed E-state index contributed by atoms with van der Waals surface area (Å²) in [5.74, 6) is 0.771. The third-order valence-corrected chi connectivity index (χ3v) is 4.71. The SMILES string of the molecule is COC(=O)[C@H](Cc1cccc(Oc2ccc(-c3ccccc3)cc2)c1)NC(=O)OC(C)(C)C. The van der Waals surface area contributed by atoms with Gasteiger partial charge in [0, 0.05) is 6.42 Å². The summed E-state index contributed by atoms with van der Waals surface area (Å²) in [5, 5.41) is 2.59. The molecular weight excluding hydrogens is 418 g/mol. The molecular formula is C27H29NO5. The van der Waals surface area contributed by atoms with Crippen molar-refractivity contribution in [1.29, 1.82) is 0 Å². The average molecular weight is 448 g/mol. The Balaban J connectivity index is 1.68. The maximum atomic E-state index is 12.2. The van der Waals surface area contributed by atoms with Crippen molar-refractivity contribution in [2.24, 2.45) is 0 Å². The lowest BCUT2D eigenvalue weighted by atomic mass is 10.1. The normalized spacial score (nSPS) is 11.9. The van der Waals surface area contributed by atoms with E-state index in [-0.39, 0.29) is 6.42 Å². The van der Waals surface area contributed by atoms with E-state index in [9.17, 15) is 9.59 Å². The van der Waals surface area contributed by atoms with Crippen molar-refractivity contribution in [3.05, 3.63) is 84.4 Å². The van der Waals surface area contributed by atoms with E-state index >= 15 is 0 Å². The molecule has 0 aromatic heterocycles. The number of rotatable bonds is 7. The third kappa shape index (κ3) is 7.38. The Morgan fingerprint density at radius 1 is 0.848 bits per heavy atom. The Morgan fingerprint density at radius 2 is 1.52 bits per heavy atom. The molecule has 172 valence electrons. The minimum Gasteiger partial charge on any atom is -0.467 e. The van der Waals surface area contributed by atoms with E-state index in [4.69, 9.17) is 14.2 Å². The Bertz CT molecular complexity index is 1070. The molecule has 0 aliphatic rings. The van der Waals surface area contributed by atoms with E-state index < -0.39 is 23.7 Å². The zero-order valence-corrected chi connectivity index (χ0v) is 19.3. The third-order valence-electron chi connectivity index (χ3n) is 4.71. The van der Waals surface area contributed by atoms with Crippen LogP contribution in [0.25, 0.3) is 11.1 Å². The van der Waals surface area contributed by atoms with Gasteiger partial charge in [-0.15, -0.1) is 0 Å². The Morgan fingerprint density at radius 3 is 2.15 bits per heavy atom. The number of esters is 1. The van der Waals surface area contributed by atoms with Crippen LogP contribution in [0, 0.1) is 0 Å². The molecule has 0 spiro atoms. The fourth-order valence-corrected chi connectivity index (χ4v) is 3.24. The van der Waals surface area contributed by atoms with Crippen molar-refractivity contribution >= 4 is 12.1 Å². The minimum absolute atomic E-state index is 0.232. The van der Waals surface area contributed by atoms with Crippen LogP contribution in [0.3, 0.4) is 0 Å². The van der Waals surface area contributed by atoms with Crippen LogP contribution in [0.4, 0.5) is 4.79 Å². The predicted octanol–water partition coefficient (Wildman–Crippen LogP) is 5.75. The first-order chi connectivity index (χ1) is 15.7. The molecule has 1 N–H and O–H groups in total. The number of nitrogens with one attached hydrogen (secondary N) is 1. The van der Waals surface area contributed by atoms with E-state index in [1.165, 1.54) is 7.11 Å². The number of alkyl carbamates (subject to hydrolysis) is 1. The summed E-state index contributed by atoms with van der Waals surface area (Å²) in [7, 11) is 1.28. The lowest BCUT2D eigenvalue weighted by Crippen LogP contribution is -2.45. The standard InChI is InChI=1S/C27H29NO5/c1-27(2,3)33-26(30)28-24(25(29)31-4)18-19-9-8-12-23(17-19)32-22-15-13-21(14-16-22)20-10-6-5-7-11-20/h5-17,24H,18H2,1-4H3,(H,28,30)/t24-/m0/s1. The lowest BCUT2D eigenvalue weighted by molar-refractivity contribution is -0.143. The molecule has 0 fully saturated rings. The molecule has 1 atom stereocenters. The first kappa shape index (κ1) is 23.9. The number of amides is 1. The van der Waals surface area contributed by atoms with Gasteiger partial charge in [0.2, 0.25) is 0 Å². The molecule has 3 aromatic rings. The molecule has 3 rings (SSSR count). The van der Waals surface area contributed by atoms with Crippen molar-refractivity contribution in [2.75, 3.05) is 7.11 Å². The molecule has 0 aliphatic heterocycles. The number of methoxy groups -OCH3 is 1. The van der Waals surface area contributed by atoms with Gasteiger partial charge in [-0.2, -0.15) is 0 Å². The summed E-state index contributed by atoms with van der Waals surface area (Å²) in [4.78, 5) is 24.4. The van der Waals surface area contributed by atoms with Crippen molar-refractivity contribution in [1.82, 2.24) is 5.32 Å². The number of hydrogen-bond donors (Lipinski definition) is 1. The minimum atomic E-state index is -0.884. The van der Waals surface area contributed by atoms with Gasteiger partial charge in [0.25, 0.3) is 0 Å². The van der Waals surface area contributed by atoms with Gasteiger partial charge in [0.1, 0.15) is 23.1 Å². The van der Waals surface area contributed by atoms with Gasteiger partial charge in [-0.25, -0.2) is 9.59 Å². The predicted molar refractivity (Wildman–Crippen MR) is 127 cm³/mol. The van der Waals surface area contributed by atoms with E-state index in [0.717, 1.165) is 16.7 Å². The summed E-state index contributed by atoms with van der Waals surface area (Å²) in [6.45, 7) is 5.27. The van der Waals surface area contributed by atoms with E-state index in [2.05, 4.69) is 17.4 Å². The van der Waals surface area contributed by atoms with Gasteiger partial charge in [0.05, 0.1) is 7.11 Å². The summed E-state index contributed by atoms with van der Waals surface area (Å²) < 4.78 is 16.1. The monoisotopic (exact) mass is 447 g/mol. The lowest BCUT2D eigenvalue weighted by Gasteiger charge is -2.22. The molecule has 6 nitrogen and oxygen atoms in total. The van der Waals surface area contributed by atoms with Gasteiger partial charge in [-0.05, 0) is 61.7 Å². The Labute approximate surface area is 194 Å². The van der Waals surface area contributed by atoms with E-state index in [1.54, 1.807) is 20.8 Å². The second-order valence-electron chi connectivity index (χ2n) is 8.57. The van der Waals surface area contributed by atoms with Crippen LogP contribution >= 0.6 is 0 Å². The molecule has 0 saturated carbocycles. The molecule has 1 amide bonds. The number of carbonyl (C=O) groups is 2. The van der Waals surface area contributed by atoms with Crippen LogP contribution in [0.1, 0.15) is 26.3 Å². The number of hydrogen-bond acceptors (Lipinski definition) is 5. The van der Waals surface area contributed by atoms with Gasteiger partial charge in [0.15, 0.2) is 0 Å². The van der Waals surface area contributed by atoms with Crippen molar-refractivity contribution in [3.63, 3.8) is 0 Å². The van der Waals surface area contributed by atoms with Crippen LogP contribution in [0.5, 0.6) is 11.5 Å². The van der Waals surface area contributed by atoms with Gasteiger partial charge < -0.3 is 19.5 Å². The van der Waals surface area contributed by atoms with E-state index in [0.29, 0.717) is 11.5 Å². The van der Waals surface area contributed by atoms with Gasteiger partial charge in [-0.3, -0.25) is 0 Å². The quantitative estimate of drug-likeness (QED) is 0.467. The fraction of sp³-hybridized carbons (Fsp3) is 0.259. The first-order valence-electron chi connectivity index (χ1n) is 10.7. The number of carbonyl (C=O) groups excluding carboxylic acids is 2. The van der Waals surface area contributed by atoms with Crippen molar-refractivity contribution in [2.45, 2.75) is 38.8 Å². The molecule has 6 heteroatoms. The zero-order valence-electron chi connectivity index (χ0n) is 19.3. The summed E-state index contributed by atoms with van der Waals surface area (Å²) in [5.41, 5.74) is 2.37. The fourth-order valence-electron chi connectivity index (χ4n) is 3.24. The second-order valence-corrected chi connectivity index (χ2v) is 8.57. The summed E-state index contributed by atoms with van der Waals surface area (Å²) >= 11 is 0. The summed E-state index contributed by atoms with van der Waals surface area (Å²) in [6, 6.07) is 24.4. The molecule has 0 aliphatic carbocycles. The van der Waals surface area contributed by atoms with Crippen LogP contribution in [-0.2, 0) is 20.7 Å². The Hall–Kier alpha value is -3.80. The molecule has 0 bridgehead atoms. The highest BCUT2D eigenvalue weighted by atomic mass is 16.6.